The van der Waals surface area contributed by atoms with Crippen molar-refractivity contribution in [1.82, 2.24) is 5.32 Å². The van der Waals surface area contributed by atoms with Crippen molar-refractivity contribution in [3.8, 4) is 0 Å². The minimum absolute atomic E-state index is 0.166. The summed E-state index contributed by atoms with van der Waals surface area (Å²) in [5.41, 5.74) is 0.190. The van der Waals surface area contributed by atoms with Gasteiger partial charge in [0.25, 0.3) is 0 Å². The van der Waals surface area contributed by atoms with Crippen molar-refractivity contribution in [2.75, 3.05) is 6.54 Å². The number of hydrogen-bond donors (Lipinski definition) is 2. The number of nitrogens with one attached hydrogen (secondary N) is 1. The van der Waals surface area contributed by atoms with Crippen LogP contribution in [-0.4, -0.2) is 17.6 Å². The molecule has 15 heavy (non-hydrogen) atoms. The molecule has 4 heteroatoms. The zero-order valence-corrected chi connectivity index (χ0v) is 9.73. The quantitative estimate of drug-likeness (QED) is 0.756. The molecule has 0 aromatic carbocycles. The number of carboxylic acids is 1. The maximum Gasteiger partial charge on any atom is 0.332 e. The van der Waals surface area contributed by atoms with Gasteiger partial charge in [-0.2, -0.15) is 0 Å². The van der Waals surface area contributed by atoms with Crippen LogP contribution in [-0.2, 0) is 4.79 Å². The van der Waals surface area contributed by atoms with E-state index in [-0.39, 0.29) is 11.6 Å². The van der Waals surface area contributed by atoms with Gasteiger partial charge in [0.2, 0.25) is 0 Å². The topological polar surface area (TPSA) is 49.3 Å². The van der Waals surface area contributed by atoms with Gasteiger partial charge in [-0.05, 0) is 26.0 Å². The zero-order valence-electron chi connectivity index (χ0n) is 8.91. The third-order valence-corrected chi connectivity index (χ3v) is 3.30. The van der Waals surface area contributed by atoms with E-state index in [0.717, 1.165) is 0 Å². The van der Waals surface area contributed by atoms with E-state index in [2.05, 4.69) is 31.0 Å². The summed E-state index contributed by atoms with van der Waals surface area (Å²) in [7, 11) is 0. The number of carbonyl (C=O) groups is 1. The highest BCUT2D eigenvalue weighted by Crippen LogP contribution is 2.22. The van der Waals surface area contributed by atoms with Crippen molar-refractivity contribution >= 4 is 17.3 Å². The first-order chi connectivity index (χ1) is 7.00. The van der Waals surface area contributed by atoms with E-state index in [1.54, 1.807) is 11.3 Å². The Balaban J connectivity index is 2.46. The van der Waals surface area contributed by atoms with Crippen molar-refractivity contribution in [2.45, 2.75) is 19.9 Å². The Morgan fingerprint density at radius 2 is 2.33 bits per heavy atom. The van der Waals surface area contributed by atoms with Gasteiger partial charge in [-0.1, -0.05) is 6.58 Å². The van der Waals surface area contributed by atoms with Crippen molar-refractivity contribution in [2.24, 2.45) is 0 Å². The normalized spacial score (nSPS) is 12.4. The highest BCUT2D eigenvalue weighted by Gasteiger charge is 2.09. The first-order valence-corrected chi connectivity index (χ1v) is 5.53. The molecule has 1 aromatic rings. The summed E-state index contributed by atoms with van der Waals surface area (Å²) in [4.78, 5) is 13.0. The summed E-state index contributed by atoms with van der Waals surface area (Å²) in [5.74, 6) is -0.947. The third-order valence-electron chi connectivity index (χ3n) is 2.11. The van der Waals surface area contributed by atoms with E-state index in [1.165, 1.54) is 9.75 Å². The van der Waals surface area contributed by atoms with E-state index in [9.17, 15) is 4.79 Å². The van der Waals surface area contributed by atoms with Crippen LogP contribution in [0.4, 0.5) is 0 Å². The maximum atomic E-state index is 10.5. The minimum atomic E-state index is -0.947. The second-order valence-corrected chi connectivity index (χ2v) is 4.78. The molecule has 0 radical (unpaired) electrons. The molecule has 1 heterocycles. The molecule has 0 bridgehead atoms. The fraction of sp³-hybridized carbons (Fsp3) is 0.364. The molecule has 1 atom stereocenters. The minimum Gasteiger partial charge on any atom is -0.478 e. The molecule has 82 valence electrons. The molecule has 3 nitrogen and oxygen atoms in total. The smallest absolute Gasteiger partial charge is 0.332 e. The van der Waals surface area contributed by atoms with Crippen molar-refractivity contribution in [1.29, 1.82) is 0 Å². The van der Waals surface area contributed by atoms with Crippen LogP contribution in [0.2, 0.25) is 0 Å². The van der Waals surface area contributed by atoms with Gasteiger partial charge in [0.05, 0.1) is 0 Å². The SMILES string of the molecule is C=C(CNC(C)c1ccc(C)s1)C(=O)O. The largest absolute Gasteiger partial charge is 0.478 e. The zero-order chi connectivity index (χ0) is 11.4. The summed E-state index contributed by atoms with van der Waals surface area (Å²) in [6.45, 7) is 7.85. The Labute approximate surface area is 93.4 Å². The molecule has 1 aromatic heterocycles. The molecule has 1 rings (SSSR count). The molecule has 0 saturated carbocycles. The number of rotatable bonds is 5. The van der Waals surface area contributed by atoms with E-state index in [1.807, 2.05) is 6.92 Å². The summed E-state index contributed by atoms with van der Waals surface area (Å²) in [6, 6.07) is 4.28. The Bertz CT molecular complexity index is 370. The predicted octanol–water partition coefficient (Wildman–Crippen LogP) is 2.35. The fourth-order valence-corrected chi connectivity index (χ4v) is 2.04. The van der Waals surface area contributed by atoms with Gasteiger partial charge in [-0.25, -0.2) is 4.79 Å². The monoisotopic (exact) mass is 225 g/mol. The van der Waals surface area contributed by atoms with E-state index in [0.29, 0.717) is 6.54 Å². The van der Waals surface area contributed by atoms with Gasteiger partial charge in [-0.3, -0.25) is 0 Å². The van der Waals surface area contributed by atoms with Gasteiger partial charge in [0, 0.05) is 27.9 Å². The average molecular weight is 225 g/mol. The second kappa shape index (κ2) is 5.09. The van der Waals surface area contributed by atoms with Crippen LogP contribution in [0, 0.1) is 6.92 Å². The molecular weight excluding hydrogens is 210 g/mol. The van der Waals surface area contributed by atoms with Crippen LogP contribution < -0.4 is 5.32 Å². The molecule has 1 unspecified atom stereocenters. The Morgan fingerprint density at radius 3 is 2.80 bits per heavy atom. The molecule has 0 aliphatic heterocycles. The molecule has 0 spiro atoms. The Morgan fingerprint density at radius 1 is 1.67 bits per heavy atom. The van der Waals surface area contributed by atoms with Crippen LogP contribution in [0.1, 0.15) is 22.7 Å². The van der Waals surface area contributed by atoms with Crippen LogP contribution in [0.15, 0.2) is 24.3 Å². The highest BCUT2D eigenvalue weighted by atomic mass is 32.1. The molecule has 2 N–H and O–H groups in total. The van der Waals surface area contributed by atoms with Crippen LogP contribution in [0.25, 0.3) is 0 Å². The van der Waals surface area contributed by atoms with E-state index >= 15 is 0 Å². The van der Waals surface area contributed by atoms with Gasteiger partial charge in [0.15, 0.2) is 0 Å². The lowest BCUT2D eigenvalue weighted by Crippen LogP contribution is -2.23. The van der Waals surface area contributed by atoms with Crippen LogP contribution >= 0.6 is 11.3 Å². The van der Waals surface area contributed by atoms with Crippen LogP contribution in [0.3, 0.4) is 0 Å². The number of carboxylic acid groups (broad SMARTS) is 1. The summed E-state index contributed by atoms with van der Waals surface area (Å²) < 4.78 is 0. The Hall–Kier alpha value is -1.13. The number of hydrogen-bond acceptors (Lipinski definition) is 3. The predicted molar refractivity (Wildman–Crippen MR) is 62.2 cm³/mol. The lowest BCUT2D eigenvalue weighted by Gasteiger charge is -2.11. The van der Waals surface area contributed by atoms with E-state index < -0.39 is 5.97 Å². The molecule has 0 fully saturated rings. The second-order valence-electron chi connectivity index (χ2n) is 3.46. The standard InChI is InChI=1S/C11H15NO2S/c1-7(11(13)14)6-12-9(3)10-5-4-8(2)15-10/h4-5,9,12H,1,6H2,2-3H3,(H,13,14). The molecular formula is C11H15NO2S. The van der Waals surface area contributed by atoms with Gasteiger partial charge in [0.1, 0.15) is 0 Å². The van der Waals surface area contributed by atoms with Gasteiger partial charge < -0.3 is 10.4 Å². The molecule has 0 amide bonds. The molecule has 0 aliphatic rings. The lowest BCUT2D eigenvalue weighted by atomic mass is 10.2. The average Bonchev–Trinajstić information content (AvgIpc) is 2.60. The summed E-state index contributed by atoms with van der Waals surface area (Å²) in [6.07, 6.45) is 0. The summed E-state index contributed by atoms with van der Waals surface area (Å²) >= 11 is 1.72. The first kappa shape index (κ1) is 11.9. The summed E-state index contributed by atoms with van der Waals surface area (Å²) in [5, 5.41) is 11.8. The lowest BCUT2D eigenvalue weighted by molar-refractivity contribution is -0.132. The number of aryl methyl sites for hydroxylation is 1. The maximum absolute atomic E-state index is 10.5. The van der Waals surface area contributed by atoms with Crippen molar-refractivity contribution in [3.05, 3.63) is 34.0 Å². The Kier molecular flexibility index (Phi) is 4.05. The molecule has 0 aliphatic carbocycles. The fourth-order valence-electron chi connectivity index (χ4n) is 1.14. The van der Waals surface area contributed by atoms with Crippen molar-refractivity contribution < 1.29 is 9.90 Å². The number of thiophene rings is 1. The molecule has 0 saturated heterocycles. The van der Waals surface area contributed by atoms with Gasteiger partial charge in [-0.15, -0.1) is 11.3 Å². The number of aliphatic carboxylic acids is 1. The highest BCUT2D eigenvalue weighted by molar-refractivity contribution is 7.12. The first-order valence-electron chi connectivity index (χ1n) is 4.71. The van der Waals surface area contributed by atoms with Gasteiger partial charge >= 0.3 is 5.97 Å². The van der Waals surface area contributed by atoms with Crippen molar-refractivity contribution in [3.63, 3.8) is 0 Å². The van der Waals surface area contributed by atoms with E-state index in [4.69, 9.17) is 5.11 Å². The van der Waals surface area contributed by atoms with Crippen LogP contribution in [0.5, 0.6) is 0 Å². The third kappa shape index (κ3) is 3.49.